The van der Waals surface area contributed by atoms with E-state index in [4.69, 9.17) is 10.9 Å². The van der Waals surface area contributed by atoms with Crippen LogP contribution in [0.25, 0.3) is 0 Å². The van der Waals surface area contributed by atoms with Gasteiger partial charge >= 0.3 is 12.3 Å². The SMILES string of the molecule is CN(C(=O)O)[C@H]1CCN([C@H](c2ccc(NN)nc2)C(F)(F)F)C1. The molecule has 2 atom stereocenters. The van der Waals surface area contributed by atoms with E-state index in [1.54, 1.807) is 0 Å². The van der Waals surface area contributed by atoms with Gasteiger partial charge in [0.05, 0.1) is 0 Å². The van der Waals surface area contributed by atoms with Crippen molar-refractivity contribution in [3.05, 3.63) is 23.9 Å². The summed E-state index contributed by atoms with van der Waals surface area (Å²) in [5, 5.41) is 8.96. The summed E-state index contributed by atoms with van der Waals surface area (Å²) >= 11 is 0. The molecular formula is C13H18F3N5O2. The molecule has 7 nitrogen and oxygen atoms in total. The Hall–Kier alpha value is -2.07. The zero-order valence-corrected chi connectivity index (χ0v) is 12.4. The van der Waals surface area contributed by atoms with Crippen LogP contribution < -0.4 is 11.3 Å². The number of hydrogen-bond acceptors (Lipinski definition) is 5. The standard InChI is InChI=1S/C13H18F3N5O2/c1-20(12(22)23)9-4-5-21(7-9)11(13(14,15)16)8-2-3-10(19-17)18-6-8/h2-3,6,9,11H,4-5,7,17H2,1H3,(H,18,19)(H,22,23)/t9-,11+/m0/s1. The first-order chi connectivity index (χ1) is 10.7. The molecule has 2 heterocycles. The van der Waals surface area contributed by atoms with Crippen LogP contribution in [0.1, 0.15) is 18.0 Å². The highest BCUT2D eigenvalue weighted by Crippen LogP contribution is 2.39. The second kappa shape index (κ2) is 6.59. The Labute approximate surface area is 130 Å². The number of hydrazine groups is 1. The summed E-state index contributed by atoms with van der Waals surface area (Å²) in [7, 11) is 1.36. The number of nitrogens with one attached hydrogen (secondary N) is 1. The molecular weight excluding hydrogens is 315 g/mol. The second-order valence-corrected chi connectivity index (χ2v) is 5.40. The number of pyridine rings is 1. The van der Waals surface area contributed by atoms with Crippen LogP contribution in [0.15, 0.2) is 18.3 Å². The third-order valence-electron chi connectivity index (χ3n) is 3.97. The van der Waals surface area contributed by atoms with Crippen LogP contribution in [0.4, 0.5) is 23.8 Å². The molecule has 1 aromatic heterocycles. The van der Waals surface area contributed by atoms with Gasteiger partial charge in [-0.25, -0.2) is 15.6 Å². The Morgan fingerprint density at radius 1 is 1.57 bits per heavy atom. The van der Waals surface area contributed by atoms with Crippen molar-refractivity contribution in [2.45, 2.75) is 24.7 Å². The lowest BCUT2D eigenvalue weighted by Crippen LogP contribution is -2.41. The molecule has 2 rings (SSSR count). The lowest BCUT2D eigenvalue weighted by Gasteiger charge is -2.30. The van der Waals surface area contributed by atoms with E-state index >= 15 is 0 Å². The van der Waals surface area contributed by atoms with Gasteiger partial charge in [-0.05, 0) is 18.1 Å². The lowest BCUT2D eigenvalue weighted by molar-refractivity contribution is -0.184. The number of hydrogen-bond donors (Lipinski definition) is 3. The molecule has 0 bridgehead atoms. The molecule has 128 valence electrons. The molecule has 0 unspecified atom stereocenters. The molecule has 1 saturated heterocycles. The molecule has 4 N–H and O–H groups in total. The zero-order chi connectivity index (χ0) is 17.2. The van der Waals surface area contributed by atoms with E-state index in [2.05, 4.69) is 10.4 Å². The number of aromatic nitrogens is 1. The number of alkyl halides is 3. The average Bonchev–Trinajstić information content (AvgIpc) is 2.95. The van der Waals surface area contributed by atoms with Crippen LogP contribution in [-0.4, -0.2) is 58.3 Å². The fraction of sp³-hybridized carbons (Fsp3) is 0.538. The summed E-state index contributed by atoms with van der Waals surface area (Å²) in [6.45, 7) is 0.174. The van der Waals surface area contributed by atoms with Crippen LogP contribution in [0.3, 0.4) is 0 Å². The van der Waals surface area contributed by atoms with Crippen molar-refractivity contribution < 1.29 is 23.1 Å². The van der Waals surface area contributed by atoms with Crippen molar-refractivity contribution in [1.29, 1.82) is 0 Å². The minimum atomic E-state index is -4.49. The van der Waals surface area contributed by atoms with Crippen LogP contribution in [0.2, 0.25) is 0 Å². The van der Waals surface area contributed by atoms with Crippen molar-refractivity contribution in [2.24, 2.45) is 5.84 Å². The van der Waals surface area contributed by atoms with E-state index in [0.29, 0.717) is 6.42 Å². The predicted octanol–water partition coefficient (Wildman–Crippen LogP) is 1.65. The summed E-state index contributed by atoms with van der Waals surface area (Å²) < 4.78 is 40.5. The largest absolute Gasteiger partial charge is 0.465 e. The molecule has 0 saturated carbocycles. The van der Waals surface area contributed by atoms with Crippen molar-refractivity contribution in [2.75, 3.05) is 25.6 Å². The van der Waals surface area contributed by atoms with Crippen LogP contribution in [0.5, 0.6) is 0 Å². The maximum atomic E-state index is 13.5. The number of carbonyl (C=O) groups is 1. The number of carboxylic acid groups (broad SMARTS) is 1. The van der Waals surface area contributed by atoms with Crippen molar-refractivity contribution in [3.63, 3.8) is 0 Å². The third-order valence-corrected chi connectivity index (χ3v) is 3.97. The number of halogens is 3. The highest BCUT2D eigenvalue weighted by atomic mass is 19.4. The fourth-order valence-electron chi connectivity index (χ4n) is 2.73. The number of likely N-dealkylation sites (N-methyl/N-ethyl adjacent to an activating group) is 1. The maximum Gasteiger partial charge on any atom is 0.408 e. The maximum absolute atomic E-state index is 13.5. The third kappa shape index (κ3) is 3.82. The summed E-state index contributed by atoms with van der Waals surface area (Å²) in [4.78, 5) is 17.1. The van der Waals surface area contributed by atoms with E-state index in [-0.39, 0.29) is 24.5 Å². The summed E-state index contributed by atoms with van der Waals surface area (Å²) in [6, 6.07) is 0.392. The van der Waals surface area contributed by atoms with Gasteiger partial charge in [0.2, 0.25) is 0 Å². The number of amides is 1. The summed E-state index contributed by atoms with van der Waals surface area (Å²) in [6.07, 6.45) is -4.16. The van der Waals surface area contributed by atoms with Gasteiger partial charge in [-0.3, -0.25) is 4.90 Å². The van der Waals surface area contributed by atoms with Crippen LogP contribution >= 0.6 is 0 Å². The van der Waals surface area contributed by atoms with Gasteiger partial charge in [0.25, 0.3) is 0 Å². The molecule has 23 heavy (non-hydrogen) atoms. The van der Waals surface area contributed by atoms with Crippen molar-refractivity contribution >= 4 is 11.9 Å². The molecule has 1 amide bonds. The van der Waals surface area contributed by atoms with Gasteiger partial charge in [-0.15, -0.1) is 0 Å². The number of anilines is 1. The summed E-state index contributed by atoms with van der Waals surface area (Å²) in [5.74, 6) is 5.42. The second-order valence-electron chi connectivity index (χ2n) is 5.40. The first-order valence-corrected chi connectivity index (χ1v) is 6.93. The Morgan fingerprint density at radius 3 is 2.74 bits per heavy atom. The number of rotatable bonds is 4. The molecule has 0 spiro atoms. The Balaban J connectivity index is 2.21. The van der Waals surface area contributed by atoms with Gasteiger partial charge in [0.15, 0.2) is 0 Å². The topological polar surface area (TPSA) is 94.7 Å². The molecule has 1 aliphatic rings. The van der Waals surface area contributed by atoms with E-state index < -0.39 is 24.4 Å². The molecule has 0 radical (unpaired) electrons. The van der Waals surface area contributed by atoms with E-state index in [1.807, 2.05) is 0 Å². The zero-order valence-electron chi connectivity index (χ0n) is 12.4. The Morgan fingerprint density at radius 2 is 2.26 bits per heavy atom. The molecule has 1 fully saturated rings. The molecule has 1 aliphatic heterocycles. The lowest BCUT2D eigenvalue weighted by atomic mass is 10.1. The quantitative estimate of drug-likeness (QED) is 0.573. The van der Waals surface area contributed by atoms with E-state index in [9.17, 15) is 18.0 Å². The number of nitrogens with two attached hydrogens (primary N) is 1. The first-order valence-electron chi connectivity index (χ1n) is 6.93. The van der Waals surface area contributed by atoms with Gasteiger partial charge in [-0.1, -0.05) is 6.07 Å². The van der Waals surface area contributed by atoms with Gasteiger partial charge in [-0.2, -0.15) is 13.2 Å². The molecule has 0 aliphatic carbocycles. The van der Waals surface area contributed by atoms with E-state index in [1.165, 1.54) is 24.1 Å². The highest BCUT2D eigenvalue weighted by molar-refractivity contribution is 5.65. The molecule has 1 aromatic rings. The van der Waals surface area contributed by atoms with Crippen molar-refractivity contribution in [3.8, 4) is 0 Å². The normalized spacial score (nSPS) is 20.3. The Kier molecular flexibility index (Phi) is 4.95. The van der Waals surface area contributed by atoms with Gasteiger partial charge in [0, 0.05) is 32.4 Å². The predicted molar refractivity (Wildman–Crippen MR) is 76.6 cm³/mol. The minimum Gasteiger partial charge on any atom is -0.465 e. The molecule has 0 aromatic carbocycles. The first kappa shape index (κ1) is 17.3. The Bertz CT molecular complexity index is 552. The van der Waals surface area contributed by atoms with Gasteiger partial charge < -0.3 is 15.4 Å². The van der Waals surface area contributed by atoms with Crippen LogP contribution in [-0.2, 0) is 0 Å². The van der Waals surface area contributed by atoms with Crippen molar-refractivity contribution in [1.82, 2.24) is 14.8 Å². The monoisotopic (exact) mass is 333 g/mol. The molecule has 10 heteroatoms. The minimum absolute atomic E-state index is 0.00451. The fourth-order valence-corrected chi connectivity index (χ4v) is 2.73. The van der Waals surface area contributed by atoms with E-state index in [0.717, 1.165) is 11.1 Å². The average molecular weight is 333 g/mol. The number of nitrogen functional groups attached to an aromatic ring is 1. The highest BCUT2D eigenvalue weighted by Gasteiger charge is 2.47. The van der Waals surface area contributed by atoms with Crippen LogP contribution in [0, 0.1) is 0 Å². The number of likely N-dealkylation sites (tertiary alicyclic amines) is 1. The van der Waals surface area contributed by atoms with Gasteiger partial charge in [0.1, 0.15) is 11.9 Å². The number of nitrogens with zero attached hydrogens (tertiary/aromatic N) is 3. The summed E-state index contributed by atoms with van der Waals surface area (Å²) in [5.41, 5.74) is 2.25. The smallest absolute Gasteiger partial charge is 0.408 e.